The topological polar surface area (TPSA) is 50.4 Å². The first-order chi connectivity index (χ1) is 9.31. The second-order valence-corrected chi connectivity index (χ2v) is 4.83. The number of para-hydroxylation sites is 1. The van der Waals surface area contributed by atoms with Gasteiger partial charge in [0.1, 0.15) is 0 Å². The monoisotopic (exact) mass is 262 g/mol. The van der Waals surface area contributed by atoms with E-state index in [4.69, 9.17) is 4.74 Å². The Bertz CT molecular complexity index is 414. The second kappa shape index (κ2) is 7.14. The van der Waals surface area contributed by atoms with Crippen molar-refractivity contribution in [1.82, 2.24) is 5.32 Å². The molecule has 1 aromatic carbocycles. The van der Waals surface area contributed by atoms with E-state index in [1.54, 1.807) is 0 Å². The fraction of sp³-hybridized carbons (Fsp3) is 0.533. The second-order valence-electron chi connectivity index (χ2n) is 4.83. The average Bonchev–Trinajstić information content (AvgIpc) is 2.46. The fourth-order valence-corrected chi connectivity index (χ4v) is 2.20. The van der Waals surface area contributed by atoms with Crippen LogP contribution in [0.15, 0.2) is 24.3 Å². The highest BCUT2D eigenvalue weighted by molar-refractivity contribution is 5.99. The van der Waals surface area contributed by atoms with E-state index in [1.807, 2.05) is 24.3 Å². The minimum Gasteiger partial charge on any atom is -0.384 e. The number of hydrogen-bond donors (Lipinski definition) is 2. The molecule has 4 heteroatoms. The van der Waals surface area contributed by atoms with Crippen molar-refractivity contribution in [1.29, 1.82) is 0 Å². The van der Waals surface area contributed by atoms with E-state index in [0.29, 0.717) is 0 Å². The number of ether oxygens (including phenoxy) is 1. The van der Waals surface area contributed by atoms with Crippen LogP contribution >= 0.6 is 0 Å². The highest BCUT2D eigenvalue weighted by atomic mass is 16.5. The first-order valence-corrected chi connectivity index (χ1v) is 7.02. The van der Waals surface area contributed by atoms with Crippen LogP contribution in [0.25, 0.3) is 0 Å². The van der Waals surface area contributed by atoms with Gasteiger partial charge in [-0.1, -0.05) is 19.1 Å². The summed E-state index contributed by atoms with van der Waals surface area (Å²) in [4.78, 5) is 12.3. The van der Waals surface area contributed by atoms with Gasteiger partial charge in [0.25, 0.3) is 5.91 Å². The summed E-state index contributed by atoms with van der Waals surface area (Å²) in [6, 6.07) is 7.90. The summed E-state index contributed by atoms with van der Waals surface area (Å²) in [7, 11) is 0. The smallest absolute Gasteiger partial charge is 0.253 e. The highest BCUT2D eigenvalue weighted by Crippen LogP contribution is 2.16. The van der Waals surface area contributed by atoms with Crippen molar-refractivity contribution in [2.24, 2.45) is 0 Å². The number of amides is 1. The van der Waals surface area contributed by atoms with Gasteiger partial charge in [-0.05, 0) is 31.4 Å². The molecule has 0 radical (unpaired) electrons. The van der Waals surface area contributed by atoms with Gasteiger partial charge in [-0.3, -0.25) is 4.79 Å². The molecule has 0 bridgehead atoms. The number of carbonyl (C=O) groups is 1. The largest absolute Gasteiger partial charge is 0.384 e. The van der Waals surface area contributed by atoms with E-state index >= 15 is 0 Å². The quantitative estimate of drug-likeness (QED) is 0.857. The molecule has 1 fully saturated rings. The molecule has 104 valence electrons. The third-order valence-corrected chi connectivity index (χ3v) is 3.29. The van der Waals surface area contributed by atoms with Crippen LogP contribution in [-0.4, -0.2) is 31.7 Å². The third kappa shape index (κ3) is 3.96. The molecule has 1 aliphatic rings. The van der Waals surface area contributed by atoms with E-state index in [1.165, 1.54) is 0 Å². The molecule has 2 N–H and O–H groups in total. The standard InChI is InChI=1S/C15H22N2O2/c1-2-9-16-14-6-4-3-5-13(14)15(18)17-12-7-10-19-11-8-12/h3-6,12,16H,2,7-11H2,1H3,(H,17,18). The maximum absolute atomic E-state index is 12.3. The van der Waals surface area contributed by atoms with Crippen LogP contribution in [0.4, 0.5) is 5.69 Å². The van der Waals surface area contributed by atoms with Gasteiger partial charge < -0.3 is 15.4 Å². The van der Waals surface area contributed by atoms with Crippen LogP contribution < -0.4 is 10.6 Å². The zero-order valence-corrected chi connectivity index (χ0v) is 11.4. The molecule has 1 saturated heterocycles. The maximum atomic E-state index is 12.3. The van der Waals surface area contributed by atoms with Gasteiger partial charge in [0.05, 0.1) is 5.56 Å². The lowest BCUT2D eigenvalue weighted by atomic mass is 10.1. The zero-order valence-electron chi connectivity index (χ0n) is 11.4. The number of benzene rings is 1. The summed E-state index contributed by atoms with van der Waals surface area (Å²) in [5, 5.41) is 6.39. The summed E-state index contributed by atoms with van der Waals surface area (Å²) >= 11 is 0. The Morgan fingerprint density at radius 1 is 1.32 bits per heavy atom. The van der Waals surface area contributed by atoms with Crippen molar-refractivity contribution in [3.05, 3.63) is 29.8 Å². The van der Waals surface area contributed by atoms with E-state index in [2.05, 4.69) is 17.6 Å². The molecule has 19 heavy (non-hydrogen) atoms. The number of hydrogen-bond acceptors (Lipinski definition) is 3. The molecule has 1 aromatic rings. The van der Waals surface area contributed by atoms with Gasteiger partial charge in [0.15, 0.2) is 0 Å². The van der Waals surface area contributed by atoms with Crippen molar-refractivity contribution in [2.75, 3.05) is 25.1 Å². The fourth-order valence-electron chi connectivity index (χ4n) is 2.20. The normalized spacial score (nSPS) is 16.1. The van der Waals surface area contributed by atoms with Crippen LogP contribution in [0.1, 0.15) is 36.5 Å². The minimum atomic E-state index is 0.00565. The average molecular weight is 262 g/mol. The molecule has 0 aromatic heterocycles. The van der Waals surface area contributed by atoms with Gasteiger partial charge in [0.2, 0.25) is 0 Å². The lowest BCUT2D eigenvalue weighted by molar-refractivity contribution is 0.0697. The molecule has 0 atom stereocenters. The molecule has 1 heterocycles. The van der Waals surface area contributed by atoms with E-state index in [-0.39, 0.29) is 11.9 Å². The molecule has 0 spiro atoms. The molecule has 1 aliphatic heterocycles. The molecular weight excluding hydrogens is 240 g/mol. The van der Waals surface area contributed by atoms with Gasteiger partial charge in [0, 0.05) is 31.5 Å². The molecule has 4 nitrogen and oxygen atoms in total. The van der Waals surface area contributed by atoms with Crippen molar-refractivity contribution in [2.45, 2.75) is 32.2 Å². The van der Waals surface area contributed by atoms with Crippen molar-refractivity contribution < 1.29 is 9.53 Å². The summed E-state index contributed by atoms with van der Waals surface area (Å²) in [6.07, 6.45) is 2.84. The van der Waals surface area contributed by atoms with Crippen molar-refractivity contribution >= 4 is 11.6 Å². The van der Waals surface area contributed by atoms with Gasteiger partial charge >= 0.3 is 0 Å². The van der Waals surface area contributed by atoms with Crippen molar-refractivity contribution in [3.63, 3.8) is 0 Å². The Morgan fingerprint density at radius 3 is 2.79 bits per heavy atom. The maximum Gasteiger partial charge on any atom is 0.253 e. The van der Waals surface area contributed by atoms with Crippen LogP contribution in [-0.2, 0) is 4.74 Å². The predicted octanol–water partition coefficient (Wildman–Crippen LogP) is 2.42. The van der Waals surface area contributed by atoms with Gasteiger partial charge in [-0.15, -0.1) is 0 Å². The first-order valence-electron chi connectivity index (χ1n) is 7.02. The molecule has 1 amide bonds. The highest BCUT2D eigenvalue weighted by Gasteiger charge is 2.18. The molecule has 0 saturated carbocycles. The molecule has 2 rings (SSSR count). The number of carbonyl (C=O) groups excluding carboxylic acids is 1. The Hall–Kier alpha value is -1.55. The van der Waals surface area contributed by atoms with Crippen LogP contribution in [0.3, 0.4) is 0 Å². The first kappa shape index (κ1) is 13.9. The zero-order chi connectivity index (χ0) is 13.5. The molecule has 0 unspecified atom stereocenters. The Kier molecular flexibility index (Phi) is 5.21. The summed E-state index contributed by atoms with van der Waals surface area (Å²) in [5.41, 5.74) is 1.64. The summed E-state index contributed by atoms with van der Waals surface area (Å²) in [6.45, 7) is 4.46. The number of nitrogens with one attached hydrogen (secondary N) is 2. The van der Waals surface area contributed by atoms with Crippen LogP contribution in [0.2, 0.25) is 0 Å². The van der Waals surface area contributed by atoms with Crippen LogP contribution in [0.5, 0.6) is 0 Å². The third-order valence-electron chi connectivity index (χ3n) is 3.29. The lowest BCUT2D eigenvalue weighted by Crippen LogP contribution is -2.39. The summed E-state index contributed by atoms with van der Waals surface area (Å²) < 4.78 is 5.30. The van der Waals surface area contributed by atoms with E-state index in [9.17, 15) is 4.79 Å². The number of anilines is 1. The molecule has 0 aliphatic carbocycles. The van der Waals surface area contributed by atoms with Crippen LogP contribution in [0, 0.1) is 0 Å². The Morgan fingerprint density at radius 2 is 2.05 bits per heavy atom. The van der Waals surface area contributed by atoms with E-state index in [0.717, 1.165) is 50.3 Å². The Balaban J connectivity index is 2.00. The summed E-state index contributed by atoms with van der Waals surface area (Å²) in [5.74, 6) is 0.00565. The minimum absolute atomic E-state index is 0.00565. The predicted molar refractivity (Wildman–Crippen MR) is 76.5 cm³/mol. The lowest BCUT2D eigenvalue weighted by Gasteiger charge is -2.23. The Labute approximate surface area is 114 Å². The van der Waals surface area contributed by atoms with Gasteiger partial charge in [-0.2, -0.15) is 0 Å². The number of rotatable bonds is 5. The SMILES string of the molecule is CCCNc1ccccc1C(=O)NC1CCOCC1. The van der Waals surface area contributed by atoms with E-state index < -0.39 is 0 Å². The van der Waals surface area contributed by atoms with Crippen molar-refractivity contribution in [3.8, 4) is 0 Å². The molecular formula is C15H22N2O2. The van der Waals surface area contributed by atoms with Gasteiger partial charge in [-0.25, -0.2) is 0 Å².